The van der Waals surface area contributed by atoms with E-state index in [1.165, 1.54) is 18.3 Å². The van der Waals surface area contributed by atoms with Gasteiger partial charge in [0, 0.05) is 0 Å². The third-order valence-corrected chi connectivity index (χ3v) is 2.85. The SMILES string of the molecule is Cc1ncc(C(=O)ON2C(=O)c3ccccc3C2=O)[nH]1. The van der Waals surface area contributed by atoms with E-state index in [9.17, 15) is 14.4 Å². The molecule has 0 radical (unpaired) electrons. The molecule has 0 atom stereocenters. The Kier molecular flexibility index (Phi) is 2.60. The van der Waals surface area contributed by atoms with E-state index in [4.69, 9.17) is 4.84 Å². The minimum absolute atomic E-state index is 0.0686. The lowest BCUT2D eigenvalue weighted by atomic mass is 10.1. The van der Waals surface area contributed by atoms with Gasteiger partial charge in [-0.3, -0.25) is 9.59 Å². The summed E-state index contributed by atoms with van der Waals surface area (Å²) in [5.41, 5.74) is 0.497. The standard InChI is InChI=1S/C13H9N3O4/c1-7-14-6-10(15-7)13(19)20-16-11(17)8-4-2-3-5-9(8)12(16)18/h2-6H,1H3,(H,14,15). The van der Waals surface area contributed by atoms with Gasteiger partial charge in [0.05, 0.1) is 17.3 Å². The van der Waals surface area contributed by atoms with Crippen LogP contribution in [0, 0.1) is 6.92 Å². The van der Waals surface area contributed by atoms with E-state index in [1.54, 1.807) is 19.1 Å². The molecule has 2 amide bonds. The van der Waals surface area contributed by atoms with Gasteiger partial charge in [-0.15, -0.1) is 0 Å². The van der Waals surface area contributed by atoms with Crippen LogP contribution in [-0.2, 0) is 4.84 Å². The van der Waals surface area contributed by atoms with Crippen LogP contribution in [0.1, 0.15) is 37.0 Å². The molecular weight excluding hydrogens is 262 g/mol. The number of H-pyrrole nitrogens is 1. The molecule has 100 valence electrons. The zero-order valence-corrected chi connectivity index (χ0v) is 10.4. The first-order chi connectivity index (χ1) is 9.58. The summed E-state index contributed by atoms with van der Waals surface area (Å²) in [6.45, 7) is 1.67. The van der Waals surface area contributed by atoms with Crippen LogP contribution in [0.5, 0.6) is 0 Å². The summed E-state index contributed by atoms with van der Waals surface area (Å²) in [6.07, 6.45) is 1.27. The van der Waals surface area contributed by atoms with Gasteiger partial charge in [0.15, 0.2) is 0 Å². The molecule has 1 N–H and O–H groups in total. The van der Waals surface area contributed by atoms with Crippen molar-refractivity contribution in [1.82, 2.24) is 15.0 Å². The van der Waals surface area contributed by atoms with E-state index in [2.05, 4.69) is 9.97 Å². The van der Waals surface area contributed by atoms with Crippen LogP contribution in [0.2, 0.25) is 0 Å². The maximum Gasteiger partial charge on any atom is 0.381 e. The largest absolute Gasteiger partial charge is 0.381 e. The molecule has 7 heteroatoms. The zero-order chi connectivity index (χ0) is 14.3. The summed E-state index contributed by atoms with van der Waals surface area (Å²) < 4.78 is 0. The fourth-order valence-electron chi connectivity index (χ4n) is 1.91. The molecule has 2 heterocycles. The highest BCUT2D eigenvalue weighted by Gasteiger charge is 2.38. The smallest absolute Gasteiger partial charge is 0.337 e. The molecule has 2 aromatic rings. The maximum atomic E-state index is 12.0. The zero-order valence-electron chi connectivity index (χ0n) is 10.4. The third kappa shape index (κ3) is 1.76. The molecule has 20 heavy (non-hydrogen) atoms. The fraction of sp³-hybridized carbons (Fsp3) is 0.0769. The summed E-state index contributed by atoms with van der Waals surface area (Å²) in [7, 11) is 0. The number of hydrogen-bond donors (Lipinski definition) is 1. The molecule has 1 aromatic carbocycles. The van der Waals surface area contributed by atoms with E-state index >= 15 is 0 Å². The number of aryl methyl sites for hydroxylation is 1. The maximum absolute atomic E-state index is 12.0. The number of aromatic amines is 1. The molecule has 0 saturated heterocycles. The number of nitrogens with one attached hydrogen (secondary N) is 1. The minimum atomic E-state index is -0.847. The summed E-state index contributed by atoms with van der Waals surface area (Å²) in [4.78, 5) is 47.1. The van der Waals surface area contributed by atoms with Crippen molar-refractivity contribution in [2.45, 2.75) is 6.92 Å². The van der Waals surface area contributed by atoms with E-state index in [0.29, 0.717) is 10.9 Å². The Balaban J connectivity index is 1.85. The van der Waals surface area contributed by atoms with Gasteiger partial charge < -0.3 is 9.82 Å². The minimum Gasteiger partial charge on any atom is -0.337 e. The molecule has 1 aromatic heterocycles. The Bertz CT molecular complexity index is 700. The molecule has 0 aliphatic carbocycles. The Morgan fingerprint density at radius 2 is 1.80 bits per heavy atom. The second kappa shape index (κ2) is 4.30. The van der Waals surface area contributed by atoms with Crippen molar-refractivity contribution in [1.29, 1.82) is 0 Å². The summed E-state index contributed by atoms with van der Waals surface area (Å²) in [5, 5.41) is 0.461. The van der Waals surface area contributed by atoms with E-state index in [0.717, 1.165) is 0 Å². The van der Waals surface area contributed by atoms with Crippen molar-refractivity contribution >= 4 is 17.8 Å². The molecule has 0 spiro atoms. The van der Waals surface area contributed by atoms with Crippen molar-refractivity contribution in [2.75, 3.05) is 0 Å². The van der Waals surface area contributed by atoms with Gasteiger partial charge in [0.25, 0.3) is 11.8 Å². The average molecular weight is 271 g/mol. The molecule has 3 rings (SSSR count). The van der Waals surface area contributed by atoms with Crippen LogP contribution in [0.25, 0.3) is 0 Å². The number of carbonyl (C=O) groups excluding carboxylic acids is 3. The fourth-order valence-corrected chi connectivity index (χ4v) is 1.91. The molecule has 0 unspecified atom stereocenters. The molecule has 0 fully saturated rings. The monoisotopic (exact) mass is 271 g/mol. The first-order valence-corrected chi connectivity index (χ1v) is 5.79. The van der Waals surface area contributed by atoms with Crippen LogP contribution in [0.4, 0.5) is 0 Å². The Morgan fingerprint density at radius 3 is 2.30 bits per heavy atom. The van der Waals surface area contributed by atoms with Gasteiger partial charge in [-0.1, -0.05) is 17.2 Å². The van der Waals surface area contributed by atoms with Gasteiger partial charge in [0.1, 0.15) is 11.5 Å². The Morgan fingerprint density at radius 1 is 1.20 bits per heavy atom. The molecule has 7 nitrogen and oxygen atoms in total. The topological polar surface area (TPSA) is 92.4 Å². The number of fused-ring (bicyclic) bond motifs is 1. The second-order valence-electron chi connectivity index (χ2n) is 4.21. The van der Waals surface area contributed by atoms with Crippen LogP contribution >= 0.6 is 0 Å². The number of benzene rings is 1. The lowest BCUT2D eigenvalue weighted by Crippen LogP contribution is -2.32. The number of imide groups is 1. The number of rotatable bonds is 2. The van der Waals surface area contributed by atoms with Crippen molar-refractivity contribution in [3.05, 3.63) is 53.1 Å². The normalized spacial score (nSPS) is 13.6. The van der Waals surface area contributed by atoms with Crippen LogP contribution in [0.3, 0.4) is 0 Å². The number of aromatic nitrogens is 2. The Labute approximate surface area is 113 Å². The van der Waals surface area contributed by atoms with E-state index in [-0.39, 0.29) is 16.8 Å². The number of hydroxylamine groups is 2. The van der Waals surface area contributed by atoms with Crippen LogP contribution in [-0.4, -0.2) is 32.8 Å². The van der Waals surface area contributed by atoms with Gasteiger partial charge >= 0.3 is 5.97 Å². The number of amides is 2. The summed E-state index contributed by atoms with van der Waals surface area (Å²) in [6, 6.07) is 6.27. The molecule has 1 aliphatic heterocycles. The Hall–Kier alpha value is -2.96. The number of imidazole rings is 1. The molecule has 0 saturated carbocycles. The van der Waals surface area contributed by atoms with Crippen molar-refractivity contribution in [2.24, 2.45) is 0 Å². The third-order valence-electron chi connectivity index (χ3n) is 2.85. The predicted octanol–water partition coefficient (Wildman–Crippen LogP) is 1.09. The highest BCUT2D eigenvalue weighted by molar-refractivity contribution is 6.21. The first kappa shape index (κ1) is 12.1. The molecule has 0 bridgehead atoms. The van der Waals surface area contributed by atoms with E-state index in [1.807, 2.05) is 0 Å². The van der Waals surface area contributed by atoms with Gasteiger partial charge in [-0.2, -0.15) is 0 Å². The summed E-state index contributed by atoms with van der Waals surface area (Å²) >= 11 is 0. The molecular formula is C13H9N3O4. The van der Waals surface area contributed by atoms with Gasteiger partial charge in [-0.25, -0.2) is 9.78 Å². The number of nitrogens with zero attached hydrogens (tertiary/aromatic N) is 2. The predicted molar refractivity (Wildman–Crippen MR) is 65.7 cm³/mol. The lowest BCUT2D eigenvalue weighted by molar-refractivity contribution is -0.0588. The highest BCUT2D eigenvalue weighted by Crippen LogP contribution is 2.23. The second-order valence-corrected chi connectivity index (χ2v) is 4.21. The van der Waals surface area contributed by atoms with Crippen molar-refractivity contribution < 1.29 is 19.2 Å². The lowest BCUT2D eigenvalue weighted by Gasteiger charge is -2.11. The first-order valence-electron chi connectivity index (χ1n) is 5.79. The summed E-state index contributed by atoms with van der Waals surface area (Å²) in [5.74, 6) is -1.63. The van der Waals surface area contributed by atoms with Crippen LogP contribution in [0.15, 0.2) is 30.5 Å². The molecule has 1 aliphatic rings. The van der Waals surface area contributed by atoms with Crippen molar-refractivity contribution in [3.8, 4) is 0 Å². The average Bonchev–Trinajstić information content (AvgIpc) is 2.98. The van der Waals surface area contributed by atoms with Crippen molar-refractivity contribution in [3.63, 3.8) is 0 Å². The number of carbonyl (C=O) groups is 3. The van der Waals surface area contributed by atoms with E-state index < -0.39 is 17.8 Å². The number of hydrogen-bond acceptors (Lipinski definition) is 5. The van der Waals surface area contributed by atoms with Crippen LogP contribution < -0.4 is 0 Å². The quantitative estimate of drug-likeness (QED) is 0.825. The van der Waals surface area contributed by atoms with Gasteiger partial charge in [0.2, 0.25) is 0 Å². The highest BCUT2D eigenvalue weighted by atomic mass is 16.7. The van der Waals surface area contributed by atoms with Gasteiger partial charge in [-0.05, 0) is 19.1 Å².